The molecule has 2 N–H and O–H groups in total. The Morgan fingerprint density at radius 3 is 2.63 bits per heavy atom. The molecule has 6 rings (SSSR count). The summed E-state index contributed by atoms with van der Waals surface area (Å²) in [7, 11) is 3.34. The molecule has 3 heterocycles. The van der Waals surface area contributed by atoms with Crippen LogP contribution in [-0.4, -0.2) is 78.9 Å². The van der Waals surface area contributed by atoms with Crippen LogP contribution in [0.3, 0.4) is 0 Å². The fourth-order valence-electron chi connectivity index (χ4n) is 6.86. The van der Waals surface area contributed by atoms with E-state index >= 15 is 0 Å². The molecule has 3 aromatic rings. The van der Waals surface area contributed by atoms with Gasteiger partial charge >= 0.3 is 0 Å². The van der Waals surface area contributed by atoms with Gasteiger partial charge in [0.25, 0.3) is 5.91 Å². The Labute approximate surface area is 256 Å². The van der Waals surface area contributed by atoms with Gasteiger partial charge in [-0.15, -0.1) is 11.6 Å². The second kappa shape index (κ2) is 12.1. The standard InChI is InChI=1S/C33H38ClN3O6/c1-35-25-17-29(28(42-2)15-23(25)32(40)36-13-8-11-24(36)33(35)41)43-14-7-3-4-12-30(39)37-19-20(18-34)31-22-10-6-5-9-21(22)27(38)16-26(31)37/h5-6,9-10,15-17,20,24,33,38,41H,3-4,7-8,11-14,18-19H2,1-2H3/t20-,24?,33?/m1/s1. The highest BCUT2D eigenvalue weighted by Crippen LogP contribution is 2.45. The number of halogens is 1. The summed E-state index contributed by atoms with van der Waals surface area (Å²) in [4.78, 5) is 31.8. The first-order valence-corrected chi connectivity index (χ1v) is 15.5. The first-order chi connectivity index (χ1) is 20.8. The molecule has 228 valence electrons. The summed E-state index contributed by atoms with van der Waals surface area (Å²) in [5, 5.41) is 23.3. The van der Waals surface area contributed by atoms with Gasteiger partial charge in [-0.1, -0.05) is 24.3 Å². The van der Waals surface area contributed by atoms with Crippen molar-refractivity contribution >= 4 is 45.6 Å². The lowest BCUT2D eigenvalue weighted by Crippen LogP contribution is -2.47. The summed E-state index contributed by atoms with van der Waals surface area (Å²) in [6.45, 7) is 1.56. The number of phenolic OH excluding ortho intramolecular Hbond substituents is 1. The number of anilines is 2. The Morgan fingerprint density at radius 1 is 1.07 bits per heavy atom. The molecule has 0 bridgehead atoms. The van der Waals surface area contributed by atoms with Gasteiger partial charge in [-0.05, 0) is 49.1 Å². The van der Waals surface area contributed by atoms with E-state index in [1.165, 1.54) is 0 Å². The van der Waals surface area contributed by atoms with Crippen LogP contribution in [0.2, 0.25) is 0 Å². The molecule has 0 aliphatic carbocycles. The third-order valence-corrected chi connectivity index (χ3v) is 9.49. The number of alkyl halides is 1. The van der Waals surface area contributed by atoms with Gasteiger partial charge in [-0.2, -0.15) is 0 Å². The first kappa shape index (κ1) is 29.4. The first-order valence-electron chi connectivity index (χ1n) is 15.0. The van der Waals surface area contributed by atoms with E-state index in [0.717, 1.165) is 47.7 Å². The number of aliphatic hydroxyl groups excluding tert-OH is 1. The summed E-state index contributed by atoms with van der Waals surface area (Å²) in [6, 6.07) is 12.6. The number of aliphatic hydroxyl groups is 1. The van der Waals surface area contributed by atoms with E-state index in [0.29, 0.717) is 61.2 Å². The van der Waals surface area contributed by atoms with Crippen LogP contribution in [0.15, 0.2) is 42.5 Å². The van der Waals surface area contributed by atoms with Crippen LogP contribution < -0.4 is 19.3 Å². The second-order valence-electron chi connectivity index (χ2n) is 11.6. The van der Waals surface area contributed by atoms with Crippen LogP contribution in [0, 0.1) is 0 Å². The summed E-state index contributed by atoms with van der Waals surface area (Å²) < 4.78 is 11.7. The fraction of sp³-hybridized carbons (Fsp3) is 0.455. The van der Waals surface area contributed by atoms with Gasteiger partial charge in [-0.3, -0.25) is 9.59 Å². The Hall–Kier alpha value is -3.69. The number of hydrogen-bond acceptors (Lipinski definition) is 7. The van der Waals surface area contributed by atoms with E-state index in [2.05, 4.69) is 0 Å². The molecule has 43 heavy (non-hydrogen) atoms. The van der Waals surface area contributed by atoms with E-state index in [1.807, 2.05) is 24.3 Å². The molecule has 2 amide bonds. The number of carbonyl (C=O) groups excluding carboxylic acids is 2. The Morgan fingerprint density at radius 2 is 1.86 bits per heavy atom. The van der Waals surface area contributed by atoms with Gasteiger partial charge in [-0.25, -0.2) is 0 Å². The Bertz CT molecular complexity index is 1550. The van der Waals surface area contributed by atoms with Crippen molar-refractivity contribution in [2.75, 3.05) is 49.5 Å². The summed E-state index contributed by atoms with van der Waals surface area (Å²) in [6.07, 6.45) is 3.44. The van der Waals surface area contributed by atoms with Crippen molar-refractivity contribution in [3.63, 3.8) is 0 Å². The molecule has 0 aromatic heterocycles. The molecule has 9 nitrogen and oxygen atoms in total. The number of unbranched alkanes of at least 4 members (excludes halogenated alkanes) is 2. The third-order valence-electron chi connectivity index (χ3n) is 9.12. The minimum atomic E-state index is -0.795. The van der Waals surface area contributed by atoms with Gasteiger partial charge in [0.15, 0.2) is 11.5 Å². The van der Waals surface area contributed by atoms with Gasteiger partial charge in [0.1, 0.15) is 12.0 Å². The van der Waals surface area contributed by atoms with Crippen LogP contribution in [0.1, 0.15) is 60.4 Å². The topological polar surface area (TPSA) is 103 Å². The van der Waals surface area contributed by atoms with Crippen molar-refractivity contribution < 1.29 is 29.3 Å². The monoisotopic (exact) mass is 607 g/mol. The third kappa shape index (κ3) is 5.23. The molecule has 10 heteroatoms. The van der Waals surface area contributed by atoms with Gasteiger partial charge in [0, 0.05) is 55.9 Å². The van der Waals surface area contributed by atoms with Gasteiger partial charge in [0.05, 0.1) is 36.7 Å². The van der Waals surface area contributed by atoms with E-state index in [1.54, 1.807) is 47.1 Å². The van der Waals surface area contributed by atoms with Crippen LogP contribution in [0.25, 0.3) is 10.8 Å². The fourth-order valence-corrected chi connectivity index (χ4v) is 7.11. The number of amides is 2. The summed E-state index contributed by atoms with van der Waals surface area (Å²) in [5.74, 6) is 1.48. The molecule has 1 saturated heterocycles. The van der Waals surface area contributed by atoms with Crippen molar-refractivity contribution in [1.29, 1.82) is 0 Å². The van der Waals surface area contributed by atoms with Gasteiger partial charge < -0.3 is 34.4 Å². The molecule has 0 spiro atoms. The molecule has 3 aromatic carbocycles. The molecule has 3 aliphatic rings. The molecule has 3 atom stereocenters. The predicted molar refractivity (Wildman–Crippen MR) is 167 cm³/mol. The van der Waals surface area contributed by atoms with E-state index < -0.39 is 6.23 Å². The molecular weight excluding hydrogens is 570 g/mol. The maximum Gasteiger partial charge on any atom is 0.256 e. The summed E-state index contributed by atoms with van der Waals surface area (Å²) in [5.41, 5.74) is 2.89. The predicted octanol–water partition coefficient (Wildman–Crippen LogP) is 5.24. The zero-order valence-electron chi connectivity index (χ0n) is 24.6. The van der Waals surface area contributed by atoms with E-state index in [-0.39, 0.29) is 29.5 Å². The average molecular weight is 608 g/mol. The lowest BCUT2D eigenvalue weighted by atomic mass is 9.95. The van der Waals surface area contributed by atoms with Gasteiger partial charge in [0.2, 0.25) is 5.91 Å². The zero-order chi connectivity index (χ0) is 30.2. The molecular formula is C33H38ClN3O6. The highest BCUT2D eigenvalue weighted by molar-refractivity contribution is 6.19. The lowest BCUT2D eigenvalue weighted by Gasteiger charge is -2.31. The van der Waals surface area contributed by atoms with Crippen molar-refractivity contribution in [1.82, 2.24) is 4.90 Å². The van der Waals surface area contributed by atoms with Crippen molar-refractivity contribution in [3.05, 3.63) is 53.6 Å². The number of likely N-dealkylation sites (N-methyl/N-ethyl adjacent to an activating group) is 1. The lowest BCUT2D eigenvalue weighted by molar-refractivity contribution is -0.118. The maximum atomic E-state index is 13.3. The number of ether oxygens (including phenoxy) is 2. The molecule has 1 fully saturated rings. The van der Waals surface area contributed by atoms with E-state index in [4.69, 9.17) is 21.1 Å². The number of carbonyl (C=O) groups is 2. The highest BCUT2D eigenvalue weighted by Gasteiger charge is 2.41. The molecule has 0 saturated carbocycles. The Balaban J connectivity index is 1.06. The molecule has 3 aliphatic heterocycles. The number of phenols is 1. The normalized spacial score (nSPS) is 21.1. The minimum absolute atomic E-state index is 0.0163. The van der Waals surface area contributed by atoms with Crippen LogP contribution in [0.4, 0.5) is 11.4 Å². The summed E-state index contributed by atoms with van der Waals surface area (Å²) >= 11 is 6.31. The van der Waals surface area contributed by atoms with Crippen molar-refractivity contribution in [3.8, 4) is 17.2 Å². The van der Waals surface area contributed by atoms with E-state index in [9.17, 15) is 19.8 Å². The van der Waals surface area contributed by atoms with Crippen molar-refractivity contribution in [2.24, 2.45) is 0 Å². The SMILES string of the molecule is COc1cc2c(cc1OCCCCCC(=O)N1C[C@@H](CCl)c3c1cc(O)c1ccccc31)N(C)C(O)C1CCCN1C2=O. The zero-order valence-corrected chi connectivity index (χ0v) is 25.3. The van der Waals surface area contributed by atoms with Crippen LogP contribution >= 0.6 is 11.6 Å². The smallest absolute Gasteiger partial charge is 0.256 e. The largest absolute Gasteiger partial charge is 0.507 e. The number of methoxy groups -OCH3 is 1. The number of aromatic hydroxyl groups is 1. The van der Waals surface area contributed by atoms with Crippen LogP contribution in [0.5, 0.6) is 17.2 Å². The number of hydrogen-bond donors (Lipinski definition) is 2. The highest BCUT2D eigenvalue weighted by atomic mass is 35.5. The quantitative estimate of drug-likeness (QED) is 0.253. The van der Waals surface area contributed by atoms with Crippen LogP contribution in [-0.2, 0) is 4.79 Å². The second-order valence-corrected chi connectivity index (χ2v) is 12.0. The molecule has 2 unspecified atom stereocenters. The Kier molecular flexibility index (Phi) is 8.29. The number of fused-ring (bicyclic) bond motifs is 5. The number of benzene rings is 3. The number of rotatable bonds is 9. The maximum absolute atomic E-state index is 13.3. The minimum Gasteiger partial charge on any atom is -0.507 e. The van der Waals surface area contributed by atoms with Crippen molar-refractivity contribution in [2.45, 2.75) is 56.7 Å². The average Bonchev–Trinajstić information content (AvgIpc) is 3.65. The molecule has 0 radical (unpaired) electrons. The number of nitrogens with zero attached hydrogens (tertiary/aromatic N) is 3.